The second kappa shape index (κ2) is 7.73. The Kier molecular flexibility index (Phi) is 5.69. The first-order valence-corrected chi connectivity index (χ1v) is 10.1. The number of amides is 1. The van der Waals surface area contributed by atoms with E-state index < -0.39 is 33.2 Å². The van der Waals surface area contributed by atoms with E-state index in [-0.39, 0.29) is 31.1 Å². The van der Waals surface area contributed by atoms with Gasteiger partial charge in [0.1, 0.15) is 0 Å². The molecular weight excluding hydrogens is 417 g/mol. The molecule has 2 aromatic carbocycles. The maximum Gasteiger partial charge on any atom is 0.417 e. The highest BCUT2D eigenvalue weighted by atomic mass is 35.5. The Bertz CT molecular complexity index is 970. The van der Waals surface area contributed by atoms with E-state index in [0.29, 0.717) is 5.02 Å². The van der Waals surface area contributed by atoms with Crippen molar-refractivity contribution in [3.8, 4) is 0 Å². The van der Waals surface area contributed by atoms with E-state index >= 15 is 0 Å². The number of piperazine rings is 1. The van der Waals surface area contributed by atoms with Crippen LogP contribution in [0, 0.1) is 0 Å². The fourth-order valence-corrected chi connectivity index (χ4v) is 4.52. The number of halogens is 4. The van der Waals surface area contributed by atoms with E-state index in [1.807, 2.05) is 0 Å². The molecule has 0 spiro atoms. The van der Waals surface area contributed by atoms with E-state index in [0.717, 1.165) is 12.1 Å². The van der Waals surface area contributed by atoms with E-state index in [4.69, 9.17) is 11.6 Å². The molecule has 1 aliphatic rings. The molecular formula is C18H16ClF3N2O3S. The lowest BCUT2D eigenvalue weighted by molar-refractivity contribution is -0.138. The van der Waals surface area contributed by atoms with Crippen LogP contribution in [-0.2, 0) is 16.2 Å². The van der Waals surface area contributed by atoms with Crippen LogP contribution in [0.25, 0.3) is 0 Å². The summed E-state index contributed by atoms with van der Waals surface area (Å²) in [6.07, 6.45) is -4.65. The Hall–Kier alpha value is -2.10. The molecule has 10 heteroatoms. The lowest BCUT2D eigenvalue weighted by Gasteiger charge is -2.34. The van der Waals surface area contributed by atoms with Gasteiger partial charge in [0.25, 0.3) is 5.91 Å². The molecule has 0 unspecified atom stereocenters. The Morgan fingerprint density at radius 2 is 1.50 bits per heavy atom. The molecule has 1 aliphatic heterocycles. The van der Waals surface area contributed by atoms with Gasteiger partial charge in [-0.3, -0.25) is 4.79 Å². The summed E-state index contributed by atoms with van der Waals surface area (Å²) >= 11 is 5.77. The van der Waals surface area contributed by atoms with Crippen LogP contribution in [-0.4, -0.2) is 49.7 Å². The van der Waals surface area contributed by atoms with E-state index in [2.05, 4.69) is 0 Å². The third kappa shape index (κ3) is 4.16. The Morgan fingerprint density at radius 1 is 0.929 bits per heavy atom. The van der Waals surface area contributed by atoms with Crippen LogP contribution in [0.5, 0.6) is 0 Å². The topological polar surface area (TPSA) is 57.7 Å². The minimum Gasteiger partial charge on any atom is -0.336 e. The van der Waals surface area contributed by atoms with Gasteiger partial charge in [0, 0.05) is 31.2 Å². The molecule has 150 valence electrons. The van der Waals surface area contributed by atoms with Gasteiger partial charge in [-0.05, 0) is 36.4 Å². The maximum absolute atomic E-state index is 13.1. The van der Waals surface area contributed by atoms with E-state index in [1.54, 1.807) is 0 Å². The quantitative estimate of drug-likeness (QED) is 0.745. The molecule has 5 nitrogen and oxygen atoms in total. The van der Waals surface area contributed by atoms with Gasteiger partial charge < -0.3 is 4.90 Å². The van der Waals surface area contributed by atoms with Gasteiger partial charge in [-0.25, -0.2) is 8.42 Å². The number of carbonyl (C=O) groups is 1. The predicted octanol–water partition coefficient (Wildman–Crippen LogP) is 3.51. The highest BCUT2D eigenvalue weighted by molar-refractivity contribution is 7.89. The maximum atomic E-state index is 13.1. The average Bonchev–Trinajstić information content (AvgIpc) is 2.67. The van der Waals surface area contributed by atoms with Crippen LogP contribution < -0.4 is 0 Å². The number of carbonyl (C=O) groups excluding carboxylic acids is 1. The summed E-state index contributed by atoms with van der Waals surface area (Å²) in [5, 5.41) is 0.401. The summed E-state index contributed by atoms with van der Waals surface area (Å²) in [6, 6.07) is 10.3. The lowest BCUT2D eigenvalue weighted by atomic mass is 10.1. The van der Waals surface area contributed by atoms with Crippen LogP contribution in [0.3, 0.4) is 0 Å². The number of hydrogen-bond acceptors (Lipinski definition) is 3. The molecule has 0 N–H and O–H groups in total. The molecule has 1 fully saturated rings. The highest BCUT2D eigenvalue weighted by Crippen LogP contribution is 2.32. The van der Waals surface area contributed by atoms with Crippen LogP contribution in [0.1, 0.15) is 15.9 Å². The van der Waals surface area contributed by atoms with Gasteiger partial charge in [-0.15, -0.1) is 0 Å². The van der Waals surface area contributed by atoms with Crippen molar-refractivity contribution in [1.82, 2.24) is 9.21 Å². The summed E-state index contributed by atoms with van der Waals surface area (Å²) in [7, 11) is -3.77. The van der Waals surface area contributed by atoms with Crippen LogP contribution >= 0.6 is 11.6 Å². The number of hydrogen-bond donors (Lipinski definition) is 0. The second-order valence-corrected chi connectivity index (χ2v) is 8.57. The van der Waals surface area contributed by atoms with Crippen molar-refractivity contribution in [3.63, 3.8) is 0 Å². The molecule has 0 saturated carbocycles. The van der Waals surface area contributed by atoms with Gasteiger partial charge >= 0.3 is 6.18 Å². The zero-order valence-electron chi connectivity index (χ0n) is 14.5. The summed E-state index contributed by atoms with van der Waals surface area (Å²) in [4.78, 5) is 13.9. The zero-order chi connectivity index (χ0) is 20.5. The van der Waals surface area contributed by atoms with Gasteiger partial charge in [-0.1, -0.05) is 23.7 Å². The fraction of sp³-hybridized carbons (Fsp3) is 0.278. The minimum atomic E-state index is -4.65. The molecule has 0 aromatic heterocycles. The largest absolute Gasteiger partial charge is 0.417 e. The van der Waals surface area contributed by atoms with Gasteiger partial charge in [0.05, 0.1) is 16.0 Å². The Morgan fingerprint density at radius 3 is 2.07 bits per heavy atom. The highest BCUT2D eigenvalue weighted by Gasteiger charge is 2.37. The van der Waals surface area contributed by atoms with E-state index in [1.165, 1.54) is 45.6 Å². The molecule has 1 amide bonds. The minimum absolute atomic E-state index is 0.00214. The van der Waals surface area contributed by atoms with Crippen LogP contribution in [0.2, 0.25) is 5.02 Å². The number of nitrogens with zero attached hydrogens (tertiary/aromatic N) is 2. The SMILES string of the molecule is O=C(c1ccccc1C(F)(F)F)N1CCN(S(=O)(=O)c2ccc(Cl)cc2)CC1. The molecule has 0 aliphatic carbocycles. The van der Waals surface area contributed by atoms with Crippen molar-refractivity contribution in [2.45, 2.75) is 11.1 Å². The zero-order valence-corrected chi connectivity index (χ0v) is 16.1. The monoisotopic (exact) mass is 432 g/mol. The molecule has 0 bridgehead atoms. The third-order valence-electron chi connectivity index (χ3n) is 4.44. The predicted molar refractivity (Wildman–Crippen MR) is 97.6 cm³/mol. The smallest absolute Gasteiger partial charge is 0.336 e. The average molecular weight is 433 g/mol. The van der Waals surface area contributed by atoms with Gasteiger partial charge in [-0.2, -0.15) is 17.5 Å². The summed E-state index contributed by atoms with van der Waals surface area (Å²) in [5.41, 5.74) is -1.44. The number of sulfonamides is 1. The molecule has 0 radical (unpaired) electrons. The molecule has 2 aromatic rings. The van der Waals surface area contributed by atoms with Crippen molar-refractivity contribution < 1.29 is 26.4 Å². The van der Waals surface area contributed by atoms with Crippen LogP contribution in [0.4, 0.5) is 13.2 Å². The summed E-state index contributed by atoms with van der Waals surface area (Å²) < 4.78 is 66.0. The first-order chi connectivity index (χ1) is 13.1. The standard InChI is InChI=1S/C18H16ClF3N2O3S/c19-13-5-7-14(8-6-13)28(26,27)24-11-9-23(10-12-24)17(25)15-3-1-2-4-16(15)18(20,21)22/h1-8H,9-12H2. The second-order valence-electron chi connectivity index (χ2n) is 6.19. The first kappa shape index (κ1) is 20.6. The number of rotatable bonds is 3. The molecule has 1 heterocycles. The van der Waals surface area contributed by atoms with Crippen molar-refractivity contribution >= 4 is 27.5 Å². The Balaban J connectivity index is 1.74. The summed E-state index contributed by atoms with van der Waals surface area (Å²) in [5.74, 6) is -0.767. The normalized spacial score (nSPS) is 16.2. The lowest BCUT2D eigenvalue weighted by Crippen LogP contribution is -2.50. The van der Waals surface area contributed by atoms with Crippen molar-refractivity contribution in [2.75, 3.05) is 26.2 Å². The number of benzene rings is 2. The van der Waals surface area contributed by atoms with Crippen molar-refractivity contribution in [2.24, 2.45) is 0 Å². The molecule has 28 heavy (non-hydrogen) atoms. The molecule has 0 atom stereocenters. The van der Waals surface area contributed by atoms with Crippen LogP contribution in [0.15, 0.2) is 53.4 Å². The molecule has 3 rings (SSSR count). The fourth-order valence-electron chi connectivity index (χ4n) is 2.97. The number of alkyl halides is 3. The molecule has 1 saturated heterocycles. The van der Waals surface area contributed by atoms with Gasteiger partial charge in [0.15, 0.2) is 0 Å². The third-order valence-corrected chi connectivity index (χ3v) is 6.60. The Labute approximate surface area is 165 Å². The van der Waals surface area contributed by atoms with Crippen molar-refractivity contribution in [3.05, 3.63) is 64.7 Å². The first-order valence-electron chi connectivity index (χ1n) is 8.32. The van der Waals surface area contributed by atoms with E-state index in [9.17, 15) is 26.4 Å². The summed E-state index contributed by atoms with van der Waals surface area (Å²) in [6.45, 7) is -0.0224. The van der Waals surface area contributed by atoms with Crippen molar-refractivity contribution in [1.29, 1.82) is 0 Å². The van der Waals surface area contributed by atoms with Gasteiger partial charge in [0.2, 0.25) is 10.0 Å².